The Balaban J connectivity index is 1.73. The molecule has 0 unspecified atom stereocenters. The van der Waals surface area contributed by atoms with Crippen molar-refractivity contribution in [2.45, 2.75) is 19.3 Å². The number of halogens is 1. The Morgan fingerprint density at radius 1 is 1.25 bits per heavy atom. The fraction of sp³-hybridized carbons (Fsp3) is 0.167. The lowest BCUT2D eigenvalue weighted by Gasteiger charge is -2.14. The average molecular weight is 322 g/mol. The highest BCUT2D eigenvalue weighted by Crippen LogP contribution is 2.39. The van der Waals surface area contributed by atoms with Crippen molar-refractivity contribution in [1.82, 2.24) is 14.5 Å². The van der Waals surface area contributed by atoms with Crippen LogP contribution in [0, 0.1) is 5.82 Å². The van der Waals surface area contributed by atoms with Crippen LogP contribution in [0.5, 0.6) is 0 Å². The quantitative estimate of drug-likeness (QED) is 0.787. The topological polar surface area (TPSA) is 59.8 Å². The SMILES string of the molecule is CC1(C)C(=O)Nc2cc(-c3cn(-c4ccncc4F)cn3)ccc21. The van der Waals surface area contributed by atoms with Crippen molar-refractivity contribution in [1.29, 1.82) is 0 Å². The number of carbonyl (C=O) groups is 1. The molecule has 0 atom stereocenters. The van der Waals surface area contributed by atoms with Gasteiger partial charge >= 0.3 is 0 Å². The van der Waals surface area contributed by atoms with Crippen molar-refractivity contribution in [2.75, 3.05) is 5.32 Å². The summed E-state index contributed by atoms with van der Waals surface area (Å²) in [7, 11) is 0. The second-order valence-corrected chi connectivity index (χ2v) is 6.33. The third-order valence-electron chi connectivity index (χ3n) is 4.42. The van der Waals surface area contributed by atoms with E-state index in [9.17, 15) is 9.18 Å². The number of imidazole rings is 1. The molecule has 2 aromatic heterocycles. The number of amides is 1. The summed E-state index contributed by atoms with van der Waals surface area (Å²) in [5, 5.41) is 2.90. The van der Waals surface area contributed by atoms with Gasteiger partial charge in [-0.05, 0) is 31.5 Å². The lowest BCUT2D eigenvalue weighted by molar-refractivity contribution is -0.119. The normalized spacial score (nSPS) is 15.2. The zero-order chi connectivity index (χ0) is 16.9. The summed E-state index contributed by atoms with van der Waals surface area (Å²) in [6.07, 6.45) is 6.01. The highest BCUT2D eigenvalue weighted by atomic mass is 19.1. The van der Waals surface area contributed by atoms with Gasteiger partial charge in [-0.3, -0.25) is 9.78 Å². The number of anilines is 1. The molecule has 1 N–H and O–H groups in total. The molecule has 1 amide bonds. The van der Waals surface area contributed by atoms with Gasteiger partial charge in [0.05, 0.1) is 23.0 Å². The smallest absolute Gasteiger partial charge is 0.234 e. The monoisotopic (exact) mass is 322 g/mol. The van der Waals surface area contributed by atoms with E-state index in [4.69, 9.17) is 0 Å². The Bertz CT molecular complexity index is 961. The molecule has 1 aromatic carbocycles. The predicted molar refractivity (Wildman–Crippen MR) is 88.4 cm³/mol. The van der Waals surface area contributed by atoms with Crippen LogP contribution in [0.2, 0.25) is 0 Å². The number of benzene rings is 1. The van der Waals surface area contributed by atoms with E-state index in [0.29, 0.717) is 11.4 Å². The predicted octanol–water partition coefficient (Wildman–Crippen LogP) is 3.30. The molecule has 0 fully saturated rings. The number of rotatable bonds is 2. The Hall–Kier alpha value is -3.02. The van der Waals surface area contributed by atoms with E-state index >= 15 is 0 Å². The molecule has 0 saturated carbocycles. The third kappa shape index (κ3) is 2.11. The Labute approximate surface area is 138 Å². The van der Waals surface area contributed by atoms with Gasteiger partial charge in [-0.2, -0.15) is 0 Å². The van der Waals surface area contributed by atoms with Gasteiger partial charge in [0.15, 0.2) is 5.82 Å². The largest absolute Gasteiger partial charge is 0.325 e. The molecule has 0 bridgehead atoms. The van der Waals surface area contributed by atoms with Crippen LogP contribution in [0.15, 0.2) is 49.2 Å². The van der Waals surface area contributed by atoms with E-state index in [0.717, 1.165) is 16.8 Å². The van der Waals surface area contributed by atoms with Crippen molar-refractivity contribution >= 4 is 11.6 Å². The summed E-state index contributed by atoms with van der Waals surface area (Å²) in [5.74, 6) is -0.427. The zero-order valence-corrected chi connectivity index (χ0v) is 13.2. The van der Waals surface area contributed by atoms with E-state index in [2.05, 4.69) is 15.3 Å². The first-order valence-corrected chi connectivity index (χ1v) is 7.57. The van der Waals surface area contributed by atoms with Crippen LogP contribution in [-0.4, -0.2) is 20.4 Å². The molecular weight excluding hydrogens is 307 g/mol. The van der Waals surface area contributed by atoms with Gasteiger partial charge in [0.25, 0.3) is 0 Å². The molecule has 0 aliphatic carbocycles. The molecule has 6 heteroatoms. The van der Waals surface area contributed by atoms with Gasteiger partial charge in [0, 0.05) is 23.6 Å². The lowest BCUT2D eigenvalue weighted by atomic mass is 9.86. The molecule has 24 heavy (non-hydrogen) atoms. The minimum absolute atomic E-state index is 0.0148. The van der Waals surface area contributed by atoms with Crippen molar-refractivity contribution in [2.24, 2.45) is 0 Å². The van der Waals surface area contributed by atoms with Gasteiger partial charge in [-0.15, -0.1) is 0 Å². The van der Waals surface area contributed by atoms with Crippen LogP contribution < -0.4 is 5.32 Å². The number of hydrogen-bond acceptors (Lipinski definition) is 3. The molecule has 1 aliphatic rings. The molecule has 0 saturated heterocycles. The summed E-state index contributed by atoms with van der Waals surface area (Å²) in [6, 6.07) is 7.36. The number of carbonyl (C=O) groups excluding carboxylic acids is 1. The first-order chi connectivity index (χ1) is 11.5. The molecular formula is C18H15FN4O. The van der Waals surface area contributed by atoms with Gasteiger partial charge < -0.3 is 9.88 Å². The van der Waals surface area contributed by atoms with Crippen LogP contribution in [0.4, 0.5) is 10.1 Å². The standard InChI is InChI=1S/C18H15FN4O/c1-18(2)12-4-3-11(7-14(12)22-17(18)24)15-9-23(10-21-15)16-5-6-20-8-13(16)19/h3-10H,1-2H3,(H,22,24). The number of hydrogen-bond donors (Lipinski definition) is 1. The number of nitrogens with zero attached hydrogens (tertiary/aromatic N) is 3. The summed E-state index contributed by atoms with van der Waals surface area (Å²) in [6.45, 7) is 3.80. The van der Waals surface area contributed by atoms with Crippen molar-refractivity contribution in [3.8, 4) is 16.9 Å². The Kier molecular flexibility index (Phi) is 3.03. The van der Waals surface area contributed by atoms with E-state index < -0.39 is 11.2 Å². The average Bonchev–Trinajstić information content (AvgIpc) is 3.12. The highest BCUT2D eigenvalue weighted by molar-refractivity contribution is 6.06. The van der Waals surface area contributed by atoms with Gasteiger partial charge in [-0.25, -0.2) is 9.37 Å². The van der Waals surface area contributed by atoms with Crippen LogP contribution in [0.3, 0.4) is 0 Å². The summed E-state index contributed by atoms with van der Waals surface area (Å²) in [4.78, 5) is 20.1. The van der Waals surface area contributed by atoms with Crippen molar-refractivity contribution in [3.05, 3.63) is 60.6 Å². The van der Waals surface area contributed by atoms with Crippen LogP contribution in [0.1, 0.15) is 19.4 Å². The maximum Gasteiger partial charge on any atom is 0.234 e. The summed E-state index contributed by atoms with van der Waals surface area (Å²) in [5.41, 5.74) is 3.18. The van der Waals surface area contributed by atoms with E-state index in [1.165, 1.54) is 12.4 Å². The van der Waals surface area contributed by atoms with E-state index in [-0.39, 0.29) is 5.91 Å². The number of aromatic nitrogens is 3. The third-order valence-corrected chi connectivity index (χ3v) is 4.42. The number of nitrogens with one attached hydrogen (secondary N) is 1. The van der Waals surface area contributed by atoms with E-state index in [1.807, 2.05) is 32.0 Å². The van der Waals surface area contributed by atoms with Gasteiger partial charge in [0.2, 0.25) is 5.91 Å². The highest BCUT2D eigenvalue weighted by Gasteiger charge is 2.38. The Morgan fingerprint density at radius 2 is 2.08 bits per heavy atom. The van der Waals surface area contributed by atoms with Crippen LogP contribution >= 0.6 is 0 Å². The second kappa shape index (κ2) is 4.99. The zero-order valence-electron chi connectivity index (χ0n) is 13.2. The number of fused-ring (bicyclic) bond motifs is 1. The van der Waals surface area contributed by atoms with Crippen LogP contribution in [-0.2, 0) is 10.2 Å². The first-order valence-electron chi connectivity index (χ1n) is 7.57. The molecule has 4 rings (SSSR count). The minimum atomic E-state index is -0.534. The minimum Gasteiger partial charge on any atom is -0.325 e. The second-order valence-electron chi connectivity index (χ2n) is 6.33. The number of pyridine rings is 1. The molecule has 3 aromatic rings. The Morgan fingerprint density at radius 3 is 2.88 bits per heavy atom. The molecule has 3 heterocycles. The summed E-state index contributed by atoms with van der Waals surface area (Å²) >= 11 is 0. The molecule has 120 valence electrons. The van der Waals surface area contributed by atoms with Crippen molar-refractivity contribution in [3.63, 3.8) is 0 Å². The molecule has 0 spiro atoms. The summed E-state index contributed by atoms with van der Waals surface area (Å²) < 4.78 is 15.4. The van der Waals surface area contributed by atoms with Gasteiger partial charge in [-0.1, -0.05) is 12.1 Å². The van der Waals surface area contributed by atoms with Gasteiger partial charge in [0.1, 0.15) is 6.33 Å². The molecule has 0 radical (unpaired) electrons. The molecule has 1 aliphatic heterocycles. The van der Waals surface area contributed by atoms with Crippen LogP contribution in [0.25, 0.3) is 16.9 Å². The van der Waals surface area contributed by atoms with Crippen molar-refractivity contribution < 1.29 is 9.18 Å². The van der Waals surface area contributed by atoms with E-state index in [1.54, 1.807) is 23.2 Å². The lowest BCUT2D eigenvalue weighted by Crippen LogP contribution is -2.26. The fourth-order valence-corrected chi connectivity index (χ4v) is 2.93. The maximum absolute atomic E-state index is 13.8. The first kappa shape index (κ1) is 14.6. The maximum atomic E-state index is 13.8. The fourth-order valence-electron chi connectivity index (χ4n) is 2.93. The molecule has 5 nitrogen and oxygen atoms in total.